The molecular weight excluding hydrogens is 356 g/mol. The first-order valence-electron chi connectivity index (χ1n) is 9.75. The van der Waals surface area contributed by atoms with E-state index in [1.54, 1.807) is 12.1 Å². The largest absolute Gasteiger partial charge is 0.451 e. The van der Waals surface area contributed by atoms with Gasteiger partial charge in [0.1, 0.15) is 6.04 Å². The van der Waals surface area contributed by atoms with Crippen LogP contribution in [0.4, 0.5) is 0 Å². The minimum atomic E-state index is -0.931. The number of benzene rings is 1. The van der Waals surface area contributed by atoms with Crippen molar-refractivity contribution < 1.29 is 19.1 Å². The standard InChI is InChI=1S/C22H34N2O4/c1-13(2)18(21(27)28-15(5)19(25)23-14(3)4)24-20(26)16-9-11-17(12-10-16)22(6,7)8/h9-15,18H,1-8H3,(H,23,25)(H,24,26)/t15-,18+/m1/s1. The van der Waals surface area contributed by atoms with Crippen LogP contribution in [0.25, 0.3) is 0 Å². The van der Waals surface area contributed by atoms with Crippen molar-refractivity contribution in [2.24, 2.45) is 5.92 Å². The monoisotopic (exact) mass is 390 g/mol. The number of esters is 1. The van der Waals surface area contributed by atoms with Crippen molar-refractivity contribution in [2.45, 2.75) is 79.0 Å². The predicted molar refractivity (Wildman–Crippen MR) is 110 cm³/mol. The van der Waals surface area contributed by atoms with Crippen molar-refractivity contribution in [3.63, 3.8) is 0 Å². The molecule has 6 heteroatoms. The Labute approximate surface area is 168 Å². The van der Waals surface area contributed by atoms with Gasteiger partial charge in [0.15, 0.2) is 6.10 Å². The highest BCUT2D eigenvalue weighted by molar-refractivity contribution is 5.97. The SMILES string of the molecule is CC(C)NC(=O)[C@@H](C)OC(=O)[C@@H](NC(=O)c1ccc(C(C)(C)C)cc1)C(C)C. The molecule has 0 spiro atoms. The molecule has 0 heterocycles. The van der Waals surface area contributed by atoms with Crippen LogP contribution in [0.5, 0.6) is 0 Å². The lowest BCUT2D eigenvalue weighted by atomic mass is 9.86. The van der Waals surface area contributed by atoms with Crippen molar-refractivity contribution in [2.75, 3.05) is 0 Å². The second kappa shape index (κ2) is 9.71. The minimum absolute atomic E-state index is 0.00796. The molecule has 0 bridgehead atoms. The molecular formula is C22H34N2O4. The van der Waals surface area contributed by atoms with E-state index in [0.29, 0.717) is 5.56 Å². The topological polar surface area (TPSA) is 84.5 Å². The molecule has 2 atom stereocenters. The van der Waals surface area contributed by atoms with Gasteiger partial charge in [-0.3, -0.25) is 9.59 Å². The molecule has 0 radical (unpaired) electrons. The van der Waals surface area contributed by atoms with Crippen molar-refractivity contribution >= 4 is 17.8 Å². The molecule has 0 aliphatic rings. The van der Waals surface area contributed by atoms with Gasteiger partial charge in [0.25, 0.3) is 11.8 Å². The van der Waals surface area contributed by atoms with E-state index < -0.39 is 18.1 Å². The quantitative estimate of drug-likeness (QED) is 0.700. The molecule has 0 aromatic heterocycles. The fourth-order valence-corrected chi connectivity index (χ4v) is 2.55. The predicted octanol–water partition coefficient (Wildman–Crippen LogP) is 3.19. The summed E-state index contributed by atoms with van der Waals surface area (Å²) < 4.78 is 5.27. The Morgan fingerprint density at radius 1 is 0.893 bits per heavy atom. The highest BCUT2D eigenvalue weighted by Crippen LogP contribution is 2.22. The lowest BCUT2D eigenvalue weighted by Crippen LogP contribution is -2.48. The Hall–Kier alpha value is -2.37. The van der Waals surface area contributed by atoms with Crippen molar-refractivity contribution in [1.82, 2.24) is 10.6 Å². The molecule has 156 valence electrons. The maximum Gasteiger partial charge on any atom is 0.329 e. The summed E-state index contributed by atoms with van der Waals surface area (Å²) in [6.07, 6.45) is -0.931. The van der Waals surface area contributed by atoms with E-state index in [4.69, 9.17) is 4.74 Å². The Morgan fingerprint density at radius 3 is 1.86 bits per heavy atom. The molecule has 6 nitrogen and oxygen atoms in total. The fraction of sp³-hybridized carbons (Fsp3) is 0.591. The average Bonchev–Trinajstić information content (AvgIpc) is 2.57. The summed E-state index contributed by atoms with van der Waals surface area (Å²) >= 11 is 0. The molecule has 28 heavy (non-hydrogen) atoms. The third-order valence-corrected chi connectivity index (χ3v) is 4.31. The second-order valence-electron chi connectivity index (χ2n) is 8.76. The van der Waals surface area contributed by atoms with Gasteiger partial charge >= 0.3 is 5.97 Å². The lowest BCUT2D eigenvalue weighted by Gasteiger charge is -2.23. The molecule has 0 saturated carbocycles. The van der Waals surface area contributed by atoms with E-state index in [0.717, 1.165) is 5.56 Å². The van der Waals surface area contributed by atoms with Gasteiger partial charge in [-0.1, -0.05) is 46.8 Å². The van der Waals surface area contributed by atoms with Crippen LogP contribution < -0.4 is 10.6 Å². The van der Waals surface area contributed by atoms with Crippen LogP contribution >= 0.6 is 0 Å². The average molecular weight is 391 g/mol. The molecule has 0 saturated heterocycles. The lowest BCUT2D eigenvalue weighted by molar-refractivity contribution is -0.157. The zero-order valence-corrected chi connectivity index (χ0v) is 18.3. The van der Waals surface area contributed by atoms with Gasteiger partial charge in [-0.05, 0) is 49.8 Å². The Morgan fingerprint density at radius 2 is 1.43 bits per heavy atom. The molecule has 2 N–H and O–H groups in total. The third kappa shape index (κ3) is 6.98. The number of amides is 2. The van der Waals surface area contributed by atoms with E-state index >= 15 is 0 Å². The highest BCUT2D eigenvalue weighted by Gasteiger charge is 2.29. The van der Waals surface area contributed by atoms with Gasteiger partial charge in [0, 0.05) is 11.6 Å². The van der Waals surface area contributed by atoms with E-state index in [-0.39, 0.29) is 29.2 Å². The molecule has 0 fully saturated rings. The van der Waals surface area contributed by atoms with Crippen molar-refractivity contribution in [3.05, 3.63) is 35.4 Å². The first kappa shape index (κ1) is 23.7. The molecule has 2 amide bonds. The van der Waals surface area contributed by atoms with Gasteiger partial charge in [-0.25, -0.2) is 4.79 Å². The second-order valence-corrected chi connectivity index (χ2v) is 8.76. The van der Waals surface area contributed by atoms with Crippen LogP contribution in [-0.2, 0) is 19.7 Å². The number of hydrogen-bond acceptors (Lipinski definition) is 4. The minimum Gasteiger partial charge on any atom is -0.451 e. The van der Waals surface area contributed by atoms with Gasteiger partial charge in [-0.15, -0.1) is 0 Å². The van der Waals surface area contributed by atoms with E-state index in [1.165, 1.54) is 6.92 Å². The Balaban J connectivity index is 2.82. The summed E-state index contributed by atoms with van der Waals surface area (Å²) in [5.41, 5.74) is 1.58. The summed E-state index contributed by atoms with van der Waals surface area (Å²) in [6.45, 7) is 15.1. The van der Waals surface area contributed by atoms with Gasteiger partial charge in [-0.2, -0.15) is 0 Å². The summed E-state index contributed by atoms with van der Waals surface area (Å²) in [7, 11) is 0. The number of nitrogens with one attached hydrogen (secondary N) is 2. The maximum absolute atomic E-state index is 12.6. The maximum atomic E-state index is 12.6. The summed E-state index contributed by atoms with van der Waals surface area (Å²) in [5, 5.41) is 5.43. The normalized spacial score (nSPS) is 13.8. The van der Waals surface area contributed by atoms with Crippen LogP contribution in [-0.4, -0.2) is 36.0 Å². The van der Waals surface area contributed by atoms with Crippen LogP contribution in [0.15, 0.2) is 24.3 Å². The molecule has 0 aliphatic carbocycles. The molecule has 0 unspecified atom stereocenters. The zero-order valence-electron chi connectivity index (χ0n) is 18.3. The first-order valence-corrected chi connectivity index (χ1v) is 9.75. The summed E-state index contributed by atoms with van der Waals surface area (Å²) in [4.78, 5) is 37.1. The molecule has 0 aliphatic heterocycles. The number of carbonyl (C=O) groups is 3. The van der Waals surface area contributed by atoms with E-state index in [2.05, 4.69) is 31.4 Å². The Bertz CT molecular complexity index is 687. The van der Waals surface area contributed by atoms with Crippen LogP contribution in [0.1, 0.15) is 71.3 Å². The van der Waals surface area contributed by atoms with E-state index in [1.807, 2.05) is 39.8 Å². The number of carbonyl (C=O) groups excluding carboxylic acids is 3. The first-order chi connectivity index (χ1) is 12.8. The van der Waals surface area contributed by atoms with Crippen LogP contribution in [0.3, 0.4) is 0 Å². The Kier molecular flexibility index (Phi) is 8.21. The molecule has 1 rings (SSSR count). The van der Waals surface area contributed by atoms with Crippen LogP contribution in [0.2, 0.25) is 0 Å². The summed E-state index contributed by atoms with van der Waals surface area (Å²) in [6, 6.07) is 6.43. The van der Waals surface area contributed by atoms with Gasteiger partial charge in [0.05, 0.1) is 0 Å². The van der Waals surface area contributed by atoms with Crippen molar-refractivity contribution in [1.29, 1.82) is 0 Å². The smallest absolute Gasteiger partial charge is 0.329 e. The summed E-state index contributed by atoms with van der Waals surface area (Å²) in [5.74, 6) is -1.53. The zero-order chi connectivity index (χ0) is 21.6. The number of ether oxygens (including phenoxy) is 1. The van der Waals surface area contributed by atoms with E-state index in [9.17, 15) is 14.4 Å². The van der Waals surface area contributed by atoms with Crippen LogP contribution in [0, 0.1) is 5.92 Å². The fourth-order valence-electron chi connectivity index (χ4n) is 2.55. The van der Waals surface area contributed by atoms with Gasteiger partial charge < -0.3 is 15.4 Å². The molecule has 1 aromatic rings. The molecule has 1 aromatic carbocycles. The van der Waals surface area contributed by atoms with Gasteiger partial charge in [0.2, 0.25) is 0 Å². The number of hydrogen-bond donors (Lipinski definition) is 2. The highest BCUT2D eigenvalue weighted by atomic mass is 16.5. The number of rotatable bonds is 7. The van der Waals surface area contributed by atoms with Crippen molar-refractivity contribution in [3.8, 4) is 0 Å². The third-order valence-electron chi connectivity index (χ3n) is 4.31.